The molecule has 194 valence electrons. The predicted octanol–water partition coefficient (Wildman–Crippen LogP) is 5.01. The maximum atomic E-state index is 13.6. The predicted molar refractivity (Wildman–Crippen MR) is 137 cm³/mol. The van der Waals surface area contributed by atoms with E-state index in [1.54, 1.807) is 24.3 Å². The van der Waals surface area contributed by atoms with Gasteiger partial charge in [0.2, 0.25) is 0 Å². The molecule has 36 heavy (non-hydrogen) atoms. The van der Waals surface area contributed by atoms with Gasteiger partial charge in [0.25, 0.3) is 0 Å². The highest BCUT2D eigenvalue weighted by molar-refractivity contribution is 6.33. The second-order valence-corrected chi connectivity index (χ2v) is 8.53. The van der Waals surface area contributed by atoms with Crippen LogP contribution in [0.1, 0.15) is 37.3 Å². The van der Waals surface area contributed by atoms with Crippen LogP contribution in [0.3, 0.4) is 0 Å². The monoisotopic (exact) mass is 519 g/mol. The fourth-order valence-corrected chi connectivity index (χ4v) is 4.44. The summed E-state index contributed by atoms with van der Waals surface area (Å²) in [5.41, 5.74) is 2.13. The average Bonchev–Trinajstić information content (AvgIpc) is 2.90. The number of nitrogens with zero attached hydrogens (tertiary/aromatic N) is 3. The zero-order chi connectivity index (χ0) is 26.1. The van der Waals surface area contributed by atoms with Crippen LogP contribution in [0.2, 0.25) is 5.02 Å². The molecule has 1 aliphatic heterocycles. The third kappa shape index (κ3) is 7.13. The van der Waals surface area contributed by atoms with E-state index in [4.69, 9.17) is 21.4 Å². The Morgan fingerprint density at radius 2 is 1.78 bits per heavy atom. The molecule has 0 bridgehead atoms. The summed E-state index contributed by atoms with van der Waals surface area (Å²) < 4.78 is 32.2. The highest BCUT2D eigenvalue weighted by atomic mass is 35.5. The average molecular weight is 520 g/mol. The van der Waals surface area contributed by atoms with Crippen LogP contribution in [-0.2, 0) is 0 Å². The second-order valence-electron chi connectivity index (χ2n) is 8.12. The van der Waals surface area contributed by atoms with Crippen LogP contribution in [0.25, 0.3) is 0 Å². The number of pyridine rings is 1. The van der Waals surface area contributed by atoms with Gasteiger partial charge >= 0.3 is 0 Å². The fourth-order valence-electron chi connectivity index (χ4n) is 4.16. The Morgan fingerprint density at radius 1 is 1.06 bits per heavy atom. The number of hydrogen-bond donors (Lipinski definition) is 2. The first-order chi connectivity index (χ1) is 17.4. The molecule has 1 fully saturated rings. The minimum atomic E-state index is -0.868. The van der Waals surface area contributed by atoms with Gasteiger partial charge in [-0.25, -0.2) is 8.78 Å². The van der Waals surface area contributed by atoms with Crippen LogP contribution in [0, 0.1) is 11.6 Å². The van der Waals surface area contributed by atoms with Crippen molar-refractivity contribution in [1.82, 2.24) is 9.88 Å². The number of aliphatic hydroxyl groups is 2. The molecule has 0 amide bonds. The first-order valence-corrected chi connectivity index (χ1v) is 12.4. The molecule has 1 aliphatic rings. The number of aromatic nitrogens is 1. The second kappa shape index (κ2) is 13.5. The van der Waals surface area contributed by atoms with E-state index in [2.05, 4.69) is 14.8 Å². The Balaban J connectivity index is 0.00000176. The molecule has 4 rings (SSSR count). The van der Waals surface area contributed by atoms with Gasteiger partial charge in [-0.1, -0.05) is 37.6 Å². The van der Waals surface area contributed by atoms with Gasteiger partial charge in [0, 0.05) is 32.2 Å². The first-order valence-electron chi connectivity index (χ1n) is 12.0. The Kier molecular flexibility index (Phi) is 10.4. The zero-order valence-corrected chi connectivity index (χ0v) is 21.2. The smallest absolute Gasteiger partial charge is 0.141 e. The number of aliphatic hydroxyl groups excluding tert-OH is 2. The fraction of sp³-hybridized carbons (Fsp3) is 0.370. The Morgan fingerprint density at radius 3 is 2.42 bits per heavy atom. The zero-order valence-electron chi connectivity index (χ0n) is 20.4. The van der Waals surface area contributed by atoms with Gasteiger partial charge in [-0.2, -0.15) is 0 Å². The van der Waals surface area contributed by atoms with Crippen LogP contribution in [0.15, 0.2) is 60.8 Å². The van der Waals surface area contributed by atoms with Crippen molar-refractivity contribution >= 4 is 17.3 Å². The van der Waals surface area contributed by atoms with Gasteiger partial charge in [-0.3, -0.25) is 9.88 Å². The maximum absolute atomic E-state index is 13.6. The van der Waals surface area contributed by atoms with Gasteiger partial charge in [0.1, 0.15) is 30.1 Å². The molecule has 0 spiro atoms. The van der Waals surface area contributed by atoms with E-state index in [0.29, 0.717) is 42.6 Å². The molecule has 2 heterocycles. The lowest BCUT2D eigenvalue weighted by atomic mass is 10.0. The maximum Gasteiger partial charge on any atom is 0.141 e. The summed E-state index contributed by atoms with van der Waals surface area (Å²) in [6.07, 6.45) is 0.223. The molecule has 2 N–H and O–H groups in total. The van der Waals surface area contributed by atoms with Crippen LogP contribution in [-0.4, -0.2) is 59.5 Å². The van der Waals surface area contributed by atoms with Gasteiger partial charge in [0.05, 0.1) is 35.2 Å². The number of rotatable bonds is 8. The molecule has 6 nitrogen and oxygen atoms in total. The van der Waals surface area contributed by atoms with Crippen LogP contribution in [0.4, 0.5) is 14.5 Å². The van der Waals surface area contributed by atoms with Crippen molar-refractivity contribution in [1.29, 1.82) is 0 Å². The highest BCUT2D eigenvalue weighted by Crippen LogP contribution is 2.37. The summed E-state index contributed by atoms with van der Waals surface area (Å²) in [5, 5.41) is 20.1. The SMILES string of the molecule is CC.OCCOc1ccc(N2CCN(CC(O)c3ccc(F)cn3)C[C@H]2c2ccc(F)cc2)c(Cl)c1. The van der Waals surface area contributed by atoms with E-state index in [1.165, 1.54) is 24.3 Å². The van der Waals surface area contributed by atoms with Gasteiger partial charge in [-0.05, 0) is 42.0 Å². The lowest BCUT2D eigenvalue weighted by Gasteiger charge is -2.44. The lowest BCUT2D eigenvalue weighted by Crippen LogP contribution is -2.49. The summed E-state index contributed by atoms with van der Waals surface area (Å²) in [4.78, 5) is 8.25. The molecule has 1 unspecified atom stereocenters. The van der Waals surface area contributed by atoms with Crippen molar-refractivity contribution in [2.75, 3.05) is 44.3 Å². The van der Waals surface area contributed by atoms with E-state index in [0.717, 1.165) is 17.4 Å². The van der Waals surface area contributed by atoms with Crippen LogP contribution < -0.4 is 9.64 Å². The molecule has 0 radical (unpaired) electrons. The lowest BCUT2D eigenvalue weighted by molar-refractivity contribution is 0.0974. The van der Waals surface area contributed by atoms with Crippen molar-refractivity contribution in [3.05, 3.63) is 88.7 Å². The minimum Gasteiger partial charge on any atom is -0.491 e. The van der Waals surface area contributed by atoms with Crippen molar-refractivity contribution in [3.8, 4) is 5.75 Å². The van der Waals surface area contributed by atoms with Crippen molar-refractivity contribution in [2.45, 2.75) is 26.0 Å². The van der Waals surface area contributed by atoms with E-state index >= 15 is 0 Å². The van der Waals surface area contributed by atoms with Crippen LogP contribution >= 0.6 is 11.6 Å². The summed E-state index contributed by atoms with van der Waals surface area (Å²) in [6, 6.07) is 14.4. The largest absolute Gasteiger partial charge is 0.491 e. The van der Waals surface area contributed by atoms with E-state index in [9.17, 15) is 13.9 Å². The number of halogens is 3. The summed E-state index contributed by atoms with van der Waals surface area (Å²) in [7, 11) is 0. The molecule has 1 saturated heterocycles. The third-order valence-corrected chi connectivity index (χ3v) is 6.13. The number of β-amino-alcohol motifs (C(OH)–C–C–N with tert-alkyl or cyclic N) is 1. The third-order valence-electron chi connectivity index (χ3n) is 5.83. The van der Waals surface area contributed by atoms with Crippen molar-refractivity contribution in [3.63, 3.8) is 0 Å². The summed E-state index contributed by atoms with van der Waals surface area (Å²) in [5.74, 6) is -0.204. The molecular formula is C27H32ClF2N3O3. The molecule has 0 aliphatic carbocycles. The normalized spacial score (nSPS) is 16.8. The quantitative estimate of drug-likeness (QED) is 0.436. The molecule has 0 saturated carbocycles. The van der Waals surface area contributed by atoms with E-state index in [1.807, 2.05) is 19.9 Å². The van der Waals surface area contributed by atoms with Crippen molar-refractivity contribution < 1.29 is 23.7 Å². The first kappa shape index (κ1) is 27.8. The Hall–Kier alpha value is -2.78. The molecule has 2 atom stereocenters. The number of benzene rings is 2. The van der Waals surface area contributed by atoms with E-state index < -0.39 is 11.9 Å². The number of anilines is 1. The molecule has 1 aromatic heterocycles. The van der Waals surface area contributed by atoms with Gasteiger partial charge in [-0.15, -0.1) is 0 Å². The number of piperazine rings is 1. The molecular weight excluding hydrogens is 488 g/mol. The topological polar surface area (TPSA) is 69.1 Å². The molecule has 9 heteroatoms. The highest BCUT2D eigenvalue weighted by Gasteiger charge is 2.31. The summed E-state index contributed by atoms with van der Waals surface area (Å²) >= 11 is 6.60. The van der Waals surface area contributed by atoms with Crippen molar-refractivity contribution in [2.24, 2.45) is 0 Å². The van der Waals surface area contributed by atoms with Gasteiger partial charge < -0.3 is 19.8 Å². The van der Waals surface area contributed by atoms with Gasteiger partial charge in [0.15, 0.2) is 0 Å². The number of hydrogen-bond acceptors (Lipinski definition) is 6. The standard InChI is InChI=1S/C25H26ClF2N3O3.C2H6/c26-21-13-20(34-12-11-32)6-8-23(21)31-10-9-30(15-24(31)17-1-3-18(27)4-2-17)16-25(33)22-7-5-19(28)14-29-22;1-2/h1-8,13-14,24-25,32-33H,9-12,15-16H2;1-2H3/t24-,25?;/m0./s1. The molecule has 3 aromatic rings. The minimum absolute atomic E-state index is 0.0900. The van der Waals surface area contributed by atoms with E-state index in [-0.39, 0.29) is 25.1 Å². The number of ether oxygens (including phenoxy) is 1. The Labute approximate surface area is 215 Å². The summed E-state index contributed by atoms with van der Waals surface area (Å²) in [6.45, 7) is 6.23. The Bertz CT molecular complexity index is 1090. The van der Waals surface area contributed by atoms with Crippen LogP contribution in [0.5, 0.6) is 5.75 Å². The molecule has 2 aromatic carbocycles.